The van der Waals surface area contributed by atoms with Crippen LogP contribution in [-0.2, 0) is 0 Å². The maximum atomic E-state index is 9.07. The number of nitriles is 1. The minimum Gasteiger partial charge on any atom is -0.368 e. The molecule has 0 aromatic heterocycles. The second kappa shape index (κ2) is 4.73. The summed E-state index contributed by atoms with van der Waals surface area (Å²) < 4.78 is 0. The summed E-state index contributed by atoms with van der Waals surface area (Å²) in [5.41, 5.74) is 1.64. The molecule has 3 nitrogen and oxygen atoms in total. The van der Waals surface area contributed by atoms with Gasteiger partial charge in [-0.2, -0.15) is 5.26 Å². The van der Waals surface area contributed by atoms with E-state index in [9.17, 15) is 0 Å². The number of anilines is 1. The van der Waals surface area contributed by atoms with Gasteiger partial charge < -0.3 is 10.2 Å². The number of hydrogen-bond acceptors (Lipinski definition) is 3. The van der Waals surface area contributed by atoms with Crippen LogP contribution in [0, 0.1) is 11.3 Å². The van der Waals surface area contributed by atoms with E-state index in [2.05, 4.69) is 23.2 Å². The summed E-state index contributed by atoms with van der Waals surface area (Å²) >= 11 is 5.98. The molecule has 1 aromatic rings. The van der Waals surface area contributed by atoms with Gasteiger partial charge in [0.05, 0.1) is 11.3 Å². The number of hydrogen-bond donors (Lipinski definition) is 1. The molecule has 4 heteroatoms. The zero-order chi connectivity index (χ0) is 11.5. The van der Waals surface area contributed by atoms with E-state index in [4.69, 9.17) is 16.9 Å². The van der Waals surface area contributed by atoms with Crippen LogP contribution in [0.1, 0.15) is 12.5 Å². The van der Waals surface area contributed by atoms with Gasteiger partial charge in [-0.3, -0.25) is 0 Å². The summed E-state index contributed by atoms with van der Waals surface area (Å²) in [5, 5.41) is 13.1. The van der Waals surface area contributed by atoms with E-state index in [0.717, 1.165) is 25.3 Å². The molecular weight excluding hydrogens is 222 g/mol. The molecule has 1 aliphatic rings. The summed E-state index contributed by atoms with van der Waals surface area (Å²) in [5.74, 6) is 0. The first kappa shape index (κ1) is 11.3. The number of benzene rings is 1. The lowest BCUT2D eigenvalue weighted by molar-refractivity contribution is 0.484. The van der Waals surface area contributed by atoms with E-state index in [-0.39, 0.29) is 0 Å². The molecule has 1 atom stereocenters. The van der Waals surface area contributed by atoms with Crippen LogP contribution in [-0.4, -0.2) is 25.7 Å². The van der Waals surface area contributed by atoms with Gasteiger partial charge in [0.25, 0.3) is 0 Å². The summed E-state index contributed by atoms with van der Waals surface area (Å²) in [7, 11) is 0. The van der Waals surface area contributed by atoms with Crippen molar-refractivity contribution in [1.29, 1.82) is 5.26 Å². The molecule has 1 fully saturated rings. The van der Waals surface area contributed by atoms with Crippen molar-refractivity contribution in [3.8, 4) is 6.07 Å². The number of halogens is 1. The first-order chi connectivity index (χ1) is 7.70. The highest BCUT2D eigenvalue weighted by Crippen LogP contribution is 2.25. The van der Waals surface area contributed by atoms with Crippen LogP contribution in [0.25, 0.3) is 0 Å². The van der Waals surface area contributed by atoms with Gasteiger partial charge in [-0.1, -0.05) is 11.6 Å². The third-order valence-electron chi connectivity index (χ3n) is 2.79. The van der Waals surface area contributed by atoms with Crippen LogP contribution in [0.4, 0.5) is 5.69 Å². The standard InChI is InChI=1S/C12H14ClN3/c1-9-8-16(5-4-15-9)12-6-11(13)3-2-10(12)7-14/h2-3,6,9,15H,4-5,8H2,1H3/t9-/m1/s1. The van der Waals surface area contributed by atoms with Crippen molar-refractivity contribution in [3.05, 3.63) is 28.8 Å². The van der Waals surface area contributed by atoms with Crippen molar-refractivity contribution in [2.45, 2.75) is 13.0 Å². The van der Waals surface area contributed by atoms with Gasteiger partial charge in [-0.15, -0.1) is 0 Å². The monoisotopic (exact) mass is 235 g/mol. The molecule has 1 saturated heterocycles. The molecule has 1 N–H and O–H groups in total. The maximum Gasteiger partial charge on any atom is 0.101 e. The van der Waals surface area contributed by atoms with Crippen molar-refractivity contribution < 1.29 is 0 Å². The molecule has 0 bridgehead atoms. The highest BCUT2D eigenvalue weighted by atomic mass is 35.5. The number of piperazine rings is 1. The molecule has 0 radical (unpaired) electrons. The molecule has 0 spiro atoms. The van der Waals surface area contributed by atoms with Crippen LogP contribution >= 0.6 is 11.6 Å². The largest absolute Gasteiger partial charge is 0.368 e. The van der Waals surface area contributed by atoms with Gasteiger partial charge in [-0.25, -0.2) is 0 Å². The van der Waals surface area contributed by atoms with Gasteiger partial charge in [0.1, 0.15) is 6.07 Å². The minimum absolute atomic E-state index is 0.444. The van der Waals surface area contributed by atoms with Crippen LogP contribution in [0.3, 0.4) is 0 Å². The number of nitrogens with zero attached hydrogens (tertiary/aromatic N) is 2. The van der Waals surface area contributed by atoms with Crippen molar-refractivity contribution in [3.63, 3.8) is 0 Å². The van der Waals surface area contributed by atoms with E-state index in [1.165, 1.54) is 0 Å². The van der Waals surface area contributed by atoms with Crippen molar-refractivity contribution in [1.82, 2.24) is 5.32 Å². The minimum atomic E-state index is 0.444. The summed E-state index contributed by atoms with van der Waals surface area (Å²) in [4.78, 5) is 2.21. The Balaban J connectivity index is 2.31. The fourth-order valence-electron chi connectivity index (χ4n) is 2.01. The molecule has 0 aliphatic carbocycles. The predicted molar refractivity (Wildman–Crippen MR) is 65.8 cm³/mol. The van der Waals surface area contributed by atoms with Crippen molar-refractivity contribution in [2.24, 2.45) is 0 Å². The Kier molecular flexibility index (Phi) is 3.33. The Labute approximate surface area is 101 Å². The normalized spacial score (nSPS) is 20.6. The number of rotatable bonds is 1. The smallest absolute Gasteiger partial charge is 0.101 e. The summed E-state index contributed by atoms with van der Waals surface area (Å²) in [6, 6.07) is 8.07. The molecule has 16 heavy (non-hydrogen) atoms. The second-order valence-corrected chi connectivity index (χ2v) is 4.51. The molecule has 1 aliphatic heterocycles. The quantitative estimate of drug-likeness (QED) is 0.810. The fourth-order valence-corrected chi connectivity index (χ4v) is 2.18. The van der Waals surface area contributed by atoms with Gasteiger partial charge in [0.2, 0.25) is 0 Å². The van der Waals surface area contributed by atoms with Gasteiger partial charge in [0, 0.05) is 30.7 Å². The molecule has 1 aromatic carbocycles. The number of nitrogens with one attached hydrogen (secondary N) is 1. The fraction of sp³-hybridized carbons (Fsp3) is 0.417. The Morgan fingerprint density at radius 2 is 2.38 bits per heavy atom. The highest BCUT2D eigenvalue weighted by Gasteiger charge is 2.18. The summed E-state index contributed by atoms with van der Waals surface area (Å²) in [6.07, 6.45) is 0. The average molecular weight is 236 g/mol. The van der Waals surface area contributed by atoms with Crippen LogP contribution in [0.5, 0.6) is 0 Å². The molecule has 0 amide bonds. The SMILES string of the molecule is C[C@@H]1CN(c2cc(Cl)ccc2C#N)CCN1. The van der Waals surface area contributed by atoms with Crippen molar-refractivity contribution >= 4 is 17.3 Å². The van der Waals surface area contributed by atoms with E-state index < -0.39 is 0 Å². The average Bonchev–Trinajstić information content (AvgIpc) is 2.29. The van der Waals surface area contributed by atoms with Crippen molar-refractivity contribution in [2.75, 3.05) is 24.5 Å². The third-order valence-corrected chi connectivity index (χ3v) is 3.02. The van der Waals surface area contributed by atoms with E-state index in [1.54, 1.807) is 12.1 Å². The molecule has 1 heterocycles. The highest BCUT2D eigenvalue weighted by molar-refractivity contribution is 6.30. The Hall–Kier alpha value is -1.24. The van der Waals surface area contributed by atoms with Crippen LogP contribution in [0.15, 0.2) is 18.2 Å². The molecule has 84 valence electrons. The first-order valence-electron chi connectivity index (χ1n) is 5.38. The zero-order valence-electron chi connectivity index (χ0n) is 9.20. The topological polar surface area (TPSA) is 39.1 Å². The molecule has 0 unspecified atom stereocenters. The second-order valence-electron chi connectivity index (χ2n) is 4.07. The first-order valence-corrected chi connectivity index (χ1v) is 5.76. The molecule has 0 saturated carbocycles. The Morgan fingerprint density at radius 3 is 3.06 bits per heavy atom. The van der Waals surface area contributed by atoms with Gasteiger partial charge >= 0.3 is 0 Å². The van der Waals surface area contributed by atoms with E-state index in [0.29, 0.717) is 16.6 Å². The molecular formula is C12H14ClN3. The summed E-state index contributed by atoms with van der Waals surface area (Å²) in [6.45, 7) is 4.91. The van der Waals surface area contributed by atoms with E-state index in [1.807, 2.05) is 6.07 Å². The van der Waals surface area contributed by atoms with E-state index >= 15 is 0 Å². The van der Waals surface area contributed by atoms with Crippen LogP contribution in [0.2, 0.25) is 5.02 Å². The Morgan fingerprint density at radius 1 is 1.56 bits per heavy atom. The maximum absolute atomic E-state index is 9.07. The lowest BCUT2D eigenvalue weighted by Crippen LogP contribution is -2.49. The lowest BCUT2D eigenvalue weighted by atomic mass is 10.1. The van der Waals surface area contributed by atoms with Gasteiger partial charge in [0.15, 0.2) is 0 Å². The van der Waals surface area contributed by atoms with Crippen LogP contribution < -0.4 is 10.2 Å². The van der Waals surface area contributed by atoms with Gasteiger partial charge in [-0.05, 0) is 25.1 Å². The predicted octanol–water partition coefficient (Wildman–Crippen LogP) is 2.01. The lowest BCUT2D eigenvalue weighted by Gasteiger charge is -2.34. The third kappa shape index (κ3) is 2.29. The zero-order valence-corrected chi connectivity index (χ0v) is 9.96. The molecule has 2 rings (SSSR count). The Bertz CT molecular complexity index is 425.